The van der Waals surface area contributed by atoms with Crippen molar-refractivity contribution in [2.45, 2.75) is 53.0 Å². The second-order valence-corrected chi connectivity index (χ2v) is 9.17. The van der Waals surface area contributed by atoms with Gasteiger partial charge in [-0.05, 0) is 69.1 Å². The van der Waals surface area contributed by atoms with Crippen LogP contribution in [0.5, 0.6) is 0 Å². The Balaban J connectivity index is 2.36. The van der Waals surface area contributed by atoms with Crippen molar-refractivity contribution < 1.29 is 0 Å². The van der Waals surface area contributed by atoms with Crippen LogP contribution in [0, 0.1) is 5.41 Å². The summed E-state index contributed by atoms with van der Waals surface area (Å²) in [5.41, 5.74) is 0.408. The first-order valence-electron chi connectivity index (χ1n) is 6.47. The lowest BCUT2D eigenvalue weighted by atomic mass is 9.84. The number of halogens is 2. The highest BCUT2D eigenvalue weighted by molar-refractivity contribution is 9.13. The van der Waals surface area contributed by atoms with Gasteiger partial charge in [0.15, 0.2) is 0 Å². The monoisotopic (exact) mass is 395 g/mol. The summed E-state index contributed by atoms with van der Waals surface area (Å²) in [5.74, 6) is 0. The Kier molecular flexibility index (Phi) is 6.87. The third-order valence-corrected chi connectivity index (χ3v) is 6.41. The van der Waals surface area contributed by atoms with Gasteiger partial charge in [0.2, 0.25) is 0 Å². The molecule has 18 heavy (non-hydrogen) atoms. The van der Waals surface area contributed by atoms with Crippen molar-refractivity contribution in [3.8, 4) is 0 Å². The summed E-state index contributed by atoms with van der Waals surface area (Å²) in [6.07, 6.45) is 3.65. The zero-order valence-corrected chi connectivity index (χ0v) is 15.6. The molecule has 0 bridgehead atoms. The Labute approximate surface area is 132 Å². The summed E-state index contributed by atoms with van der Waals surface area (Å²) in [6, 6.07) is 2.82. The fourth-order valence-electron chi connectivity index (χ4n) is 1.80. The number of thiophene rings is 1. The SMILES string of the molecule is CC(C)NCCC(C)(C)CCc1cc(Br)c(Br)s1. The van der Waals surface area contributed by atoms with Gasteiger partial charge in [-0.3, -0.25) is 0 Å². The Bertz CT molecular complexity index is 352. The van der Waals surface area contributed by atoms with Gasteiger partial charge in [-0.1, -0.05) is 27.7 Å². The van der Waals surface area contributed by atoms with Crippen molar-refractivity contribution in [3.63, 3.8) is 0 Å². The average Bonchev–Trinajstić information content (AvgIpc) is 2.55. The van der Waals surface area contributed by atoms with Gasteiger partial charge in [0, 0.05) is 15.4 Å². The molecule has 0 fully saturated rings. The molecule has 1 aromatic heterocycles. The van der Waals surface area contributed by atoms with E-state index in [9.17, 15) is 0 Å². The van der Waals surface area contributed by atoms with Gasteiger partial charge in [-0.15, -0.1) is 11.3 Å². The van der Waals surface area contributed by atoms with E-state index in [1.165, 1.54) is 32.4 Å². The van der Waals surface area contributed by atoms with Crippen LogP contribution in [0.15, 0.2) is 14.3 Å². The number of hydrogen-bond acceptors (Lipinski definition) is 2. The minimum absolute atomic E-state index is 0.408. The summed E-state index contributed by atoms with van der Waals surface area (Å²) < 4.78 is 2.39. The Morgan fingerprint density at radius 1 is 1.28 bits per heavy atom. The fraction of sp³-hybridized carbons (Fsp3) is 0.714. The van der Waals surface area contributed by atoms with Crippen molar-refractivity contribution >= 4 is 43.2 Å². The molecule has 1 N–H and O–H groups in total. The molecular weight excluding hydrogens is 374 g/mol. The van der Waals surface area contributed by atoms with Crippen LogP contribution >= 0.6 is 43.2 Å². The van der Waals surface area contributed by atoms with Crippen LogP contribution in [0.3, 0.4) is 0 Å². The second kappa shape index (κ2) is 7.41. The summed E-state index contributed by atoms with van der Waals surface area (Å²) in [4.78, 5) is 1.46. The van der Waals surface area contributed by atoms with E-state index in [1.807, 2.05) is 11.3 Å². The lowest BCUT2D eigenvalue weighted by Gasteiger charge is -2.25. The summed E-state index contributed by atoms with van der Waals surface area (Å²) in [5, 5.41) is 3.50. The number of nitrogens with one attached hydrogen (secondary N) is 1. The molecule has 0 aromatic carbocycles. The Morgan fingerprint density at radius 3 is 2.44 bits per heavy atom. The molecule has 0 aliphatic heterocycles. The van der Waals surface area contributed by atoms with Crippen LogP contribution in [0.1, 0.15) is 45.4 Å². The first kappa shape index (κ1) is 16.7. The molecule has 0 saturated carbocycles. The smallest absolute Gasteiger partial charge is 0.0843 e. The van der Waals surface area contributed by atoms with E-state index in [0.717, 1.165) is 6.54 Å². The third-order valence-electron chi connectivity index (χ3n) is 3.10. The molecule has 1 nitrogen and oxygen atoms in total. The van der Waals surface area contributed by atoms with E-state index in [0.29, 0.717) is 11.5 Å². The summed E-state index contributed by atoms with van der Waals surface area (Å²) in [6.45, 7) is 10.3. The molecule has 0 saturated heterocycles. The van der Waals surface area contributed by atoms with E-state index in [2.05, 4.69) is 70.9 Å². The van der Waals surface area contributed by atoms with Crippen LogP contribution in [-0.4, -0.2) is 12.6 Å². The molecule has 0 unspecified atom stereocenters. The second-order valence-electron chi connectivity index (χ2n) is 5.86. The molecule has 1 rings (SSSR count). The Hall–Kier alpha value is 0.620. The predicted octanol–water partition coefficient (Wildman–Crippen LogP) is 5.62. The van der Waals surface area contributed by atoms with Gasteiger partial charge < -0.3 is 5.32 Å². The molecule has 0 spiro atoms. The molecular formula is C14H23Br2NS. The van der Waals surface area contributed by atoms with Crippen LogP contribution in [0.4, 0.5) is 0 Å². The highest BCUT2D eigenvalue weighted by Gasteiger charge is 2.18. The van der Waals surface area contributed by atoms with Gasteiger partial charge in [0.05, 0.1) is 3.79 Å². The molecule has 0 amide bonds. The third kappa shape index (κ3) is 6.18. The molecule has 0 atom stereocenters. The topological polar surface area (TPSA) is 12.0 Å². The number of hydrogen-bond donors (Lipinski definition) is 1. The highest BCUT2D eigenvalue weighted by Crippen LogP contribution is 2.35. The normalized spacial score (nSPS) is 12.4. The molecule has 1 heterocycles. The minimum Gasteiger partial charge on any atom is -0.315 e. The molecule has 0 aliphatic carbocycles. The van der Waals surface area contributed by atoms with Crippen molar-refractivity contribution in [2.24, 2.45) is 5.41 Å². The Morgan fingerprint density at radius 2 is 1.94 bits per heavy atom. The lowest BCUT2D eigenvalue weighted by molar-refractivity contribution is 0.299. The fourth-order valence-corrected chi connectivity index (χ4v) is 3.98. The highest BCUT2D eigenvalue weighted by atomic mass is 79.9. The molecule has 104 valence electrons. The molecule has 4 heteroatoms. The standard InChI is InChI=1S/C14H23Br2NS/c1-10(2)17-8-7-14(3,4)6-5-11-9-12(15)13(16)18-11/h9-10,17H,5-8H2,1-4H3. The quantitative estimate of drug-likeness (QED) is 0.630. The number of aryl methyl sites for hydroxylation is 1. The summed E-state index contributed by atoms with van der Waals surface area (Å²) >= 11 is 8.94. The molecule has 1 aromatic rings. The first-order valence-corrected chi connectivity index (χ1v) is 8.87. The van der Waals surface area contributed by atoms with Crippen molar-refractivity contribution in [1.29, 1.82) is 0 Å². The van der Waals surface area contributed by atoms with Gasteiger partial charge in [0.25, 0.3) is 0 Å². The van der Waals surface area contributed by atoms with Gasteiger partial charge >= 0.3 is 0 Å². The van der Waals surface area contributed by atoms with E-state index in [-0.39, 0.29) is 0 Å². The predicted molar refractivity (Wildman–Crippen MR) is 89.6 cm³/mol. The lowest BCUT2D eigenvalue weighted by Crippen LogP contribution is -2.27. The van der Waals surface area contributed by atoms with Crippen LogP contribution in [0.25, 0.3) is 0 Å². The first-order chi connectivity index (χ1) is 8.30. The maximum absolute atomic E-state index is 3.56. The van der Waals surface area contributed by atoms with E-state index < -0.39 is 0 Å². The zero-order valence-electron chi connectivity index (χ0n) is 11.6. The maximum Gasteiger partial charge on any atom is 0.0843 e. The van der Waals surface area contributed by atoms with Gasteiger partial charge in [0.1, 0.15) is 0 Å². The zero-order chi connectivity index (χ0) is 13.8. The van der Waals surface area contributed by atoms with Crippen LogP contribution < -0.4 is 5.32 Å². The molecule has 0 radical (unpaired) electrons. The summed E-state index contributed by atoms with van der Waals surface area (Å²) in [7, 11) is 0. The van der Waals surface area contributed by atoms with Crippen molar-refractivity contribution in [2.75, 3.05) is 6.54 Å². The van der Waals surface area contributed by atoms with Crippen LogP contribution in [0.2, 0.25) is 0 Å². The van der Waals surface area contributed by atoms with Crippen LogP contribution in [-0.2, 0) is 6.42 Å². The maximum atomic E-state index is 3.56. The minimum atomic E-state index is 0.408. The largest absolute Gasteiger partial charge is 0.315 e. The van der Waals surface area contributed by atoms with Crippen molar-refractivity contribution in [3.05, 3.63) is 19.2 Å². The number of rotatable bonds is 7. The van der Waals surface area contributed by atoms with Gasteiger partial charge in [-0.2, -0.15) is 0 Å². The average molecular weight is 397 g/mol. The van der Waals surface area contributed by atoms with E-state index in [4.69, 9.17) is 0 Å². The van der Waals surface area contributed by atoms with E-state index >= 15 is 0 Å². The van der Waals surface area contributed by atoms with Crippen molar-refractivity contribution in [1.82, 2.24) is 5.32 Å². The van der Waals surface area contributed by atoms with Gasteiger partial charge in [-0.25, -0.2) is 0 Å². The molecule has 0 aliphatic rings. The van der Waals surface area contributed by atoms with E-state index in [1.54, 1.807) is 0 Å².